The molecule has 112 valence electrons. The molecule has 1 amide bonds. The first-order chi connectivity index (χ1) is 10.0. The number of carbonyl (C=O) groups is 1. The third-order valence-electron chi connectivity index (χ3n) is 3.40. The number of halogens is 1. The van der Waals surface area contributed by atoms with Crippen molar-refractivity contribution < 1.29 is 4.79 Å². The molecule has 0 saturated heterocycles. The van der Waals surface area contributed by atoms with Gasteiger partial charge in [-0.2, -0.15) is 0 Å². The fourth-order valence-corrected chi connectivity index (χ4v) is 2.79. The predicted molar refractivity (Wildman–Crippen MR) is 89.2 cm³/mol. The summed E-state index contributed by atoms with van der Waals surface area (Å²) in [6.45, 7) is 5.37. The molecule has 21 heavy (non-hydrogen) atoms. The molecule has 2 aromatic rings. The molecule has 1 heterocycles. The number of hydrogen-bond acceptors (Lipinski definition) is 2. The van der Waals surface area contributed by atoms with E-state index in [0.29, 0.717) is 6.54 Å². The van der Waals surface area contributed by atoms with Gasteiger partial charge in [-0.05, 0) is 45.2 Å². The lowest BCUT2D eigenvalue weighted by Crippen LogP contribution is -2.30. The highest BCUT2D eigenvalue weighted by atomic mass is 79.9. The van der Waals surface area contributed by atoms with Gasteiger partial charge in [-0.25, -0.2) is 0 Å². The van der Waals surface area contributed by atoms with E-state index < -0.39 is 0 Å². The summed E-state index contributed by atoms with van der Waals surface area (Å²) in [5.41, 5.74) is 3.77. The van der Waals surface area contributed by atoms with Gasteiger partial charge >= 0.3 is 0 Å². The van der Waals surface area contributed by atoms with Gasteiger partial charge < -0.3 is 15.2 Å². The van der Waals surface area contributed by atoms with Crippen LogP contribution in [0.1, 0.15) is 21.7 Å². The summed E-state index contributed by atoms with van der Waals surface area (Å²) in [4.78, 5) is 12.2. The second-order valence-corrected chi connectivity index (χ2v) is 5.88. The highest BCUT2D eigenvalue weighted by Crippen LogP contribution is 2.23. The maximum absolute atomic E-state index is 12.2. The molecule has 0 bridgehead atoms. The predicted octanol–water partition coefficient (Wildman–Crippen LogP) is 2.81. The molecule has 2 N–H and O–H groups in total. The van der Waals surface area contributed by atoms with Crippen LogP contribution in [0.15, 0.2) is 34.8 Å². The van der Waals surface area contributed by atoms with E-state index in [1.807, 2.05) is 51.2 Å². The molecule has 4 nitrogen and oxygen atoms in total. The fraction of sp³-hybridized carbons (Fsp3) is 0.312. The number of aromatic nitrogens is 1. The van der Waals surface area contributed by atoms with E-state index >= 15 is 0 Å². The molecular weight excluding hydrogens is 330 g/mol. The van der Waals surface area contributed by atoms with Crippen molar-refractivity contribution >= 4 is 21.8 Å². The van der Waals surface area contributed by atoms with Crippen LogP contribution in [0.25, 0.3) is 5.69 Å². The first-order valence-electron chi connectivity index (χ1n) is 6.92. The van der Waals surface area contributed by atoms with E-state index in [4.69, 9.17) is 0 Å². The molecule has 0 aliphatic carbocycles. The molecule has 0 fully saturated rings. The zero-order valence-electron chi connectivity index (χ0n) is 12.5. The van der Waals surface area contributed by atoms with Crippen molar-refractivity contribution in [2.24, 2.45) is 0 Å². The van der Waals surface area contributed by atoms with Gasteiger partial charge in [-0.1, -0.05) is 22.0 Å². The molecule has 2 rings (SSSR count). The number of likely N-dealkylation sites (N-methyl/N-ethyl adjacent to an activating group) is 1. The molecule has 0 aliphatic heterocycles. The minimum Gasteiger partial charge on any atom is -0.351 e. The van der Waals surface area contributed by atoms with Crippen LogP contribution in [0.2, 0.25) is 0 Å². The number of benzene rings is 1. The normalized spacial score (nSPS) is 10.7. The Bertz CT molecular complexity index is 649. The fourth-order valence-electron chi connectivity index (χ4n) is 2.40. The smallest absolute Gasteiger partial charge is 0.253 e. The van der Waals surface area contributed by atoms with Crippen molar-refractivity contribution in [3.63, 3.8) is 0 Å². The summed E-state index contributed by atoms with van der Waals surface area (Å²) in [6, 6.07) is 10.00. The van der Waals surface area contributed by atoms with Crippen LogP contribution in [-0.4, -0.2) is 30.6 Å². The Morgan fingerprint density at radius 1 is 1.24 bits per heavy atom. The number of nitrogens with zero attached hydrogens (tertiary/aromatic N) is 1. The van der Waals surface area contributed by atoms with E-state index in [9.17, 15) is 4.79 Å². The molecule has 0 spiro atoms. The lowest BCUT2D eigenvalue weighted by molar-refractivity contribution is 0.0953. The summed E-state index contributed by atoms with van der Waals surface area (Å²) in [6.07, 6.45) is 0. The van der Waals surface area contributed by atoms with Gasteiger partial charge in [0.2, 0.25) is 0 Å². The van der Waals surface area contributed by atoms with E-state index in [-0.39, 0.29) is 5.91 Å². The minimum absolute atomic E-state index is 0.0282. The van der Waals surface area contributed by atoms with Crippen LogP contribution >= 0.6 is 15.9 Å². The third-order valence-corrected chi connectivity index (χ3v) is 3.90. The molecular formula is C16H20BrN3O. The van der Waals surface area contributed by atoms with Crippen molar-refractivity contribution in [2.75, 3.05) is 20.1 Å². The Balaban J connectivity index is 2.31. The van der Waals surface area contributed by atoms with Crippen LogP contribution in [0.3, 0.4) is 0 Å². The zero-order valence-corrected chi connectivity index (χ0v) is 14.1. The van der Waals surface area contributed by atoms with Gasteiger partial charge in [-0.15, -0.1) is 0 Å². The Morgan fingerprint density at radius 3 is 2.67 bits per heavy atom. The summed E-state index contributed by atoms with van der Waals surface area (Å²) in [7, 11) is 1.87. The average Bonchev–Trinajstić information content (AvgIpc) is 2.74. The van der Waals surface area contributed by atoms with Gasteiger partial charge in [0, 0.05) is 34.6 Å². The highest BCUT2D eigenvalue weighted by Gasteiger charge is 2.16. The standard InChI is InChI=1S/C16H20BrN3O/c1-11-9-15(16(21)19-8-7-18-3)12(2)20(11)14-6-4-5-13(17)10-14/h4-6,9-10,18H,7-8H2,1-3H3,(H,19,21). The maximum atomic E-state index is 12.2. The molecule has 0 unspecified atom stereocenters. The average molecular weight is 350 g/mol. The molecule has 5 heteroatoms. The van der Waals surface area contributed by atoms with Gasteiger partial charge in [0.15, 0.2) is 0 Å². The number of nitrogens with one attached hydrogen (secondary N) is 2. The Hall–Kier alpha value is -1.59. The van der Waals surface area contributed by atoms with E-state index in [1.54, 1.807) is 0 Å². The number of rotatable bonds is 5. The van der Waals surface area contributed by atoms with Gasteiger partial charge in [0.1, 0.15) is 0 Å². The summed E-state index contributed by atoms with van der Waals surface area (Å²) < 4.78 is 3.12. The van der Waals surface area contributed by atoms with Gasteiger partial charge in [0.25, 0.3) is 5.91 Å². The zero-order chi connectivity index (χ0) is 15.4. The summed E-state index contributed by atoms with van der Waals surface area (Å²) in [5, 5.41) is 5.93. The number of hydrogen-bond donors (Lipinski definition) is 2. The van der Waals surface area contributed by atoms with Crippen molar-refractivity contribution in [1.29, 1.82) is 0 Å². The quantitative estimate of drug-likeness (QED) is 0.815. The van der Waals surface area contributed by atoms with Crippen LogP contribution in [0.4, 0.5) is 0 Å². The van der Waals surface area contributed by atoms with Crippen molar-refractivity contribution in [1.82, 2.24) is 15.2 Å². The van der Waals surface area contributed by atoms with Gasteiger partial charge in [0.05, 0.1) is 5.56 Å². The number of aryl methyl sites for hydroxylation is 1. The lowest BCUT2D eigenvalue weighted by atomic mass is 10.2. The van der Waals surface area contributed by atoms with Gasteiger partial charge in [-0.3, -0.25) is 4.79 Å². The van der Waals surface area contributed by atoms with Crippen LogP contribution in [-0.2, 0) is 0 Å². The van der Waals surface area contributed by atoms with Crippen molar-refractivity contribution in [2.45, 2.75) is 13.8 Å². The third kappa shape index (κ3) is 3.54. The molecule has 1 aromatic carbocycles. The second-order valence-electron chi connectivity index (χ2n) is 4.96. The lowest BCUT2D eigenvalue weighted by Gasteiger charge is -2.10. The van der Waals surface area contributed by atoms with E-state index in [0.717, 1.165) is 33.7 Å². The Labute approximate surface area is 133 Å². The summed E-state index contributed by atoms with van der Waals surface area (Å²) in [5.74, 6) is -0.0282. The maximum Gasteiger partial charge on any atom is 0.253 e. The first kappa shape index (κ1) is 15.8. The van der Waals surface area contributed by atoms with Crippen LogP contribution < -0.4 is 10.6 Å². The topological polar surface area (TPSA) is 46.1 Å². The van der Waals surface area contributed by atoms with Crippen molar-refractivity contribution in [3.05, 3.63) is 51.8 Å². The SMILES string of the molecule is CNCCNC(=O)c1cc(C)n(-c2cccc(Br)c2)c1C. The number of carbonyl (C=O) groups excluding carboxylic acids is 1. The summed E-state index contributed by atoms with van der Waals surface area (Å²) >= 11 is 3.49. The van der Waals surface area contributed by atoms with Crippen LogP contribution in [0.5, 0.6) is 0 Å². The van der Waals surface area contributed by atoms with Crippen molar-refractivity contribution in [3.8, 4) is 5.69 Å². The second kappa shape index (κ2) is 6.91. The minimum atomic E-state index is -0.0282. The molecule has 0 radical (unpaired) electrons. The monoisotopic (exact) mass is 349 g/mol. The molecule has 0 saturated carbocycles. The molecule has 0 aliphatic rings. The largest absolute Gasteiger partial charge is 0.351 e. The molecule has 0 atom stereocenters. The Morgan fingerprint density at radius 2 is 2.00 bits per heavy atom. The first-order valence-corrected chi connectivity index (χ1v) is 7.71. The number of amides is 1. The highest BCUT2D eigenvalue weighted by molar-refractivity contribution is 9.10. The Kier molecular flexibility index (Phi) is 5.20. The van der Waals surface area contributed by atoms with E-state index in [1.165, 1.54) is 0 Å². The molecule has 1 aromatic heterocycles. The van der Waals surface area contributed by atoms with E-state index in [2.05, 4.69) is 31.1 Å². The van der Waals surface area contributed by atoms with Crippen LogP contribution in [0, 0.1) is 13.8 Å².